The SMILES string of the molecule is Cc1ccc(C(CO)(CO)Cc2c(C)nn(C)c2Cl)cc1. The van der Waals surface area contributed by atoms with Crippen LogP contribution in [0.4, 0.5) is 0 Å². The maximum Gasteiger partial charge on any atom is 0.130 e. The van der Waals surface area contributed by atoms with E-state index < -0.39 is 5.41 Å². The summed E-state index contributed by atoms with van der Waals surface area (Å²) in [4.78, 5) is 0. The second kappa shape index (κ2) is 6.18. The standard InChI is InChI=1S/C16H21ClN2O2/c1-11-4-6-13(7-5-11)16(9-20,10-21)8-14-12(2)18-19(3)15(14)17/h4-7,20-21H,8-10H2,1-3H3. The Morgan fingerprint density at radius 2 is 1.71 bits per heavy atom. The first-order chi connectivity index (χ1) is 9.93. The molecule has 114 valence electrons. The van der Waals surface area contributed by atoms with Crippen LogP contribution < -0.4 is 0 Å². The largest absolute Gasteiger partial charge is 0.395 e. The third kappa shape index (κ3) is 2.98. The van der Waals surface area contributed by atoms with Crippen LogP contribution in [0.15, 0.2) is 24.3 Å². The molecule has 0 fully saturated rings. The highest BCUT2D eigenvalue weighted by Crippen LogP contribution is 2.32. The third-order valence-corrected chi connectivity index (χ3v) is 4.53. The topological polar surface area (TPSA) is 58.3 Å². The van der Waals surface area contributed by atoms with Gasteiger partial charge in [-0.05, 0) is 25.8 Å². The summed E-state index contributed by atoms with van der Waals surface area (Å²) in [5.74, 6) is 0. The maximum absolute atomic E-state index is 9.92. The minimum Gasteiger partial charge on any atom is -0.395 e. The van der Waals surface area contributed by atoms with E-state index in [2.05, 4.69) is 5.10 Å². The third-order valence-electron chi connectivity index (χ3n) is 4.05. The first kappa shape index (κ1) is 16.0. The molecule has 4 nitrogen and oxygen atoms in total. The number of aryl methyl sites for hydroxylation is 3. The summed E-state index contributed by atoms with van der Waals surface area (Å²) in [6.45, 7) is 3.58. The van der Waals surface area contributed by atoms with Crippen LogP contribution in [0, 0.1) is 13.8 Å². The van der Waals surface area contributed by atoms with Crippen molar-refractivity contribution < 1.29 is 10.2 Å². The van der Waals surface area contributed by atoms with Crippen molar-refractivity contribution in [1.29, 1.82) is 0 Å². The summed E-state index contributed by atoms with van der Waals surface area (Å²) in [7, 11) is 1.78. The van der Waals surface area contributed by atoms with E-state index in [-0.39, 0.29) is 13.2 Å². The highest BCUT2D eigenvalue weighted by atomic mass is 35.5. The van der Waals surface area contributed by atoms with Gasteiger partial charge in [-0.15, -0.1) is 0 Å². The highest BCUT2D eigenvalue weighted by molar-refractivity contribution is 6.30. The number of rotatable bonds is 5. The quantitative estimate of drug-likeness (QED) is 0.890. The van der Waals surface area contributed by atoms with Crippen molar-refractivity contribution in [2.24, 2.45) is 7.05 Å². The number of halogens is 1. The van der Waals surface area contributed by atoms with E-state index in [1.54, 1.807) is 11.7 Å². The molecule has 0 spiro atoms. The summed E-state index contributed by atoms with van der Waals surface area (Å²) in [5, 5.41) is 24.7. The predicted octanol–water partition coefficient (Wildman–Crippen LogP) is 2.16. The maximum atomic E-state index is 9.92. The number of benzene rings is 1. The highest BCUT2D eigenvalue weighted by Gasteiger charge is 2.33. The van der Waals surface area contributed by atoms with E-state index in [1.165, 1.54) is 0 Å². The summed E-state index contributed by atoms with van der Waals surface area (Å²) in [6, 6.07) is 7.85. The zero-order chi connectivity index (χ0) is 15.6. The molecule has 0 saturated heterocycles. The van der Waals surface area contributed by atoms with Crippen molar-refractivity contribution >= 4 is 11.6 Å². The first-order valence-corrected chi connectivity index (χ1v) is 7.28. The average Bonchev–Trinajstić information content (AvgIpc) is 2.72. The van der Waals surface area contributed by atoms with Crippen LogP contribution in [0.3, 0.4) is 0 Å². The molecular formula is C16H21ClN2O2. The summed E-state index contributed by atoms with van der Waals surface area (Å²) < 4.78 is 1.61. The van der Waals surface area contributed by atoms with Gasteiger partial charge in [0.25, 0.3) is 0 Å². The van der Waals surface area contributed by atoms with E-state index in [1.807, 2.05) is 38.1 Å². The molecular weight excluding hydrogens is 288 g/mol. The van der Waals surface area contributed by atoms with Gasteiger partial charge < -0.3 is 10.2 Å². The molecule has 0 aliphatic carbocycles. The number of nitrogens with zero attached hydrogens (tertiary/aromatic N) is 2. The lowest BCUT2D eigenvalue weighted by atomic mass is 9.76. The van der Waals surface area contributed by atoms with E-state index >= 15 is 0 Å². The molecule has 0 aliphatic rings. The summed E-state index contributed by atoms with van der Waals surface area (Å²) >= 11 is 6.28. The van der Waals surface area contributed by atoms with Crippen LogP contribution in [0.2, 0.25) is 5.15 Å². The van der Waals surface area contributed by atoms with Gasteiger partial charge >= 0.3 is 0 Å². The van der Waals surface area contributed by atoms with Crippen LogP contribution in [-0.4, -0.2) is 33.2 Å². The molecule has 0 bridgehead atoms. The number of hydrogen-bond acceptors (Lipinski definition) is 3. The van der Waals surface area contributed by atoms with Crippen molar-refractivity contribution in [2.45, 2.75) is 25.7 Å². The lowest BCUT2D eigenvalue weighted by Gasteiger charge is -2.30. The number of aromatic nitrogens is 2. The van der Waals surface area contributed by atoms with Gasteiger partial charge in [0.1, 0.15) is 5.15 Å². The Kier molecular flexibility index (Phi) is 4.71. The molecule has 21 heavy (non-hydrogen) atoms. The molecule has 1 heterocycles. The first-order valence-electron chi connectivity index (χ1n) is 6.90. The fourth-order valence-corrected chi connectivity index (χ4v) is 2.81. The molecule has 1 aromatic heterocycles. The van der Waals surface area contributed by atoms with Gasteiger partial charge in [-0.3, -0.25) is 4.68 Å². The van der Waals surface area contributed by atoms with Crippen molar-refractivity contribution in [3.05, 3.63) is 51.8 Å². The Bertz CT molecular complexity index is 616. The van der Waals surface area contributed by atoms with Gasteiger partial charge in [-0.1, -0.05) is 41.4 Å². The van der Waals surface area contributed by atoms with Crippen molar-refractivity contribution in [1.82, 2.24) is 9.78 Å². The van der Waals surface area contributed by atoms with Crippen LogP contribution in [0.25, 0.3) is 0 Å². The van der Waals surface area contributed by atoms with E-state index in [0.29, 0.717) is 11.6 Å². The Morgan fingerprint density at radius 3 is 2.14 bits per heavy atom. The molecule has 0 radical (unpaired) electrons. The summed E-state index contributed by atoms with van der Waals surface area (Å²) in [5.41, 5.74) is 2.96. The Morgan fingerprint density at radius 1 is 1.14 bits per heavy atom. The van der Waals surface area contributed by atoms with Crippen molar-refractivity contribution in [3.8, 4) is 0 Å². The van der Waals surface area contributed by atoms with Gasteiger partial charge in [0, 0.05) is 18.0 Å². The summed E-state index contributed by atoms with van der Waals surface area (Å²) in [6.07, 6.45) is 0.446. The van der Waals surface area contributed by atoms with Gasteiger partial charge in [0.05, 0.1) is 18.9 Å². The molecule has 0 aliphatic heterocycles. The molecule has 0 amide bonds. The molecule has 2 rings (SSSR count). The molecule has 2 aromatic rings. The molecule has 0 saturated carbocycles. The zero-order valence-electron chi connectivity index (χ0n) is 12.6. The van der Waals surface area contributed by atoms with E-state index in [9.17, 15) is 10.2 Å². The Hall–Kier alpha value is -1.36. The van der Waals surface area contributed by atoms with E-state index in [0.717, 1.165) is 22.4 Å². The van der Waals surface area contributed by atoms with Crippen LogP contribution in [-0.2, 0) is 18.9 Å². The minimum absolute atomic E-state index is 0.156. The zero-order valence-corrected chi connectivity index (χ0v) is 13.4. The van der Waals surface area contributed by atoms with Crippen molar-refractivity contribution in [3.63, 3.8) is 0 Å². The molecule has 5 heteroatoms. The number of aliphatic hydroxyl groups excluding tert-OH is 2. The second-order valence-electron chi connectivity index (χ2n) is 5.62. The lowest BCUT2D eigenvalue weighted by Crippen LogP contribution is -2.37. The molecule has 0 unspecified atom stereocenters. The number of aliphatic hydroxyl groups is 2. The van der Waals surface area contributed by atoms with Crippen molar-refractivity contribution in [2.75, 3.05) is 13.2 Å². The van der Waals surface area contributed by atoms with Gasteiger partial charge in [0.15, 0.2) is 0 Å². The van der Waals surface area contributed by atoms with Gasteiger partial charge in [0.2, 0.25) is 0 Å². The second-order valence-corrected chi connectivity index (χ2v) is 5.98. The average molecular weight is 309 g/mol. The van der Waals surface area contributed by atoms with Crippen LogP contribution in [0.5, 0.6) is 0 Å². The van der Waals surface area contributed by atoms with Gasteiger partial charge in [-0.25, -0.2) is 0 Å². The molecule has 0 atom stereocenters. The lowest BCUT2D eigenvalue weighted by molar-refractivity contribution is 0.116. The van der Waals surface area contributed by atoms with Gasteiger partial charge in [-0.2, -0.15) is 5.10 Å². The molecule has 1 aromatic carbocycles. The van der Waals surface area contributed by atoms with Crippen LogP contribution in [0.1, 0.15) is 22.4 Å². The smallest absolute Gasteiger partial charge is 0.130 e. The monoisotopic (exact) mass is 308 g/mol. The normalized spacial score (nSPS) is 11.9. The Balaban J connectivity index is 2.45. The fourth-order valence-electron chi connectivity index (χ4n) is 2.57. The number of hydrogen-bond donors (Lipinski definition) is 2. The van der Waals surface area contributed by atoms with Crippen LogP contribution >= 0.6 is 11.6 Å². The fraction of sp³-hybridized carbons (Fsp3) is 0.438. The Labute approximate surface area is 130 Å². The minimum atomic E-state index is -0.759. The predicted molar refractivity (Wildman–Crippen MR) is 83.7 cm³/mol. The van der Waals surface area contributed by atoms with E-state index in [4.69, 9.17) is 11.6 Å². The molecule has 2 N–H and O–H groups in total.